The molecule has 0 bridgehead atoms. The zero-order valence-electron chi connectivity index (χ0n) is 2.23. The molecule has 4 heteroatoms. The van der Waals surface area contributed by atoms with Gasteiger partial charge in [0.2, 0.25) is 0 Å². The Balaban J connectivity index is -0.0000000200. The van der Waals surface area contributed by atoms with Gasteiger partial charge in [0.25, 0.3) is 0 Å². The van der Waals surface area contributed by atoms with E-state index in [9.17, 15) is 0 Å². The SMILES string of the molecule is N.N#CN.[CaH2]. The van der Waals surface area contributed by atoms with Crippen molar-refractivity contribution < 1.29 is 0 Å². The molecule has 0 unspecified atom stereocenters. The molecule has 0 radical (unpaired) electrons. The summed E-state index contributed by atoms with van der Waals surface area (Å²) in [5.41, 5.74) is 4.15. The van der Waals surface area contributed by atoms with Gasteiger partial charge in [0.15, 0.2) is 6.19 Å². The van der Waals surface area contributed by atoms with Gasteiger partial charge in [0, 0.05) is 0 Å². The van der Waals surface area contributed by atoms with Crippen molar-refractivity contribution in [3.63, 3.8) is 0 Å². The van der Waals surface area contributed by atoms with Gasteiger partial charge in [-0.2, -0.15) is 5.26 Å². The molecule has 3 nitrogen and oxygen atoms in total. The summed E-state index contributed by atoms with van der Waals surface area (Å²) in [7, 11) is 0. The van der Waals surface area contributed by atoms with Crippen LogP contribution in [0, 0.1) is 11.5 Å². The number of rotatable bonds is 0. The Labute approximate surface area is 60.7 Å². The second-order valence-electron chi connectivity index (χ2n) is 0.129. The second-order valence-corrected chi connectivity index (χ2v) is 0.129. The van der Waals surface area contributed by atoms with Gasteiger partial charge in [-0.25, -0.2) is 0 Å². The average molecular weight is 101 g/mol. The molecule has 0 heterocycles. The first-order chi connectivity index (χ1) is 1.41. The fourth-order valence-electron chi connectivity index (χ4n) is 0. The van der Waals surface area contributed by atoms with Crippen molar-refractivity contribution in [2.45, 2.75) is 0 Å². The molecule has 0 aliphatic heterocycles. The van der Waals surface area contributed by atoms with Crippen LogP contribution in [0.1, 0.15) is 0 Å². The van der Waals surface area contributed by atoms with E-state index in [1.807, 2.05) is 0 Å². The summed E-state index contributed by atoms with van der Waals surface area (Å²) in [5, 5.41) is 7.10. The molecule has 0 aromatic carbocycles. The predicted octanol–water partition coefficient (Wildman–Crippen LogP) is -1.33. The number of hydrogen-bond donors (Lipinski definition) is 2. The first-order valence-corrected chi connectivity index (χ1v) is 0.512. The van der Waals surface area contributed by atoms with Gasteiger partial charge < -0.3 is 11.9 Å². The maximum atomic E-state index is 7.10. The summed E-state index contributed by atoms with van der Waals surface area (Å²) >= 11 is 0. The molecule has 0 aromatic rings. The maximum absolute atomic E-state index is 7.10. The molecule has 0 fully saturated rings. The van der Waals surface area contributed by atoms with Crippen LogP contribution in [0.25, 0.3) is 0 Å². The molecule has 0 rings (SSSR count). The van der Waals surface area contributed by atoms with E-state index < -0.39 is 0 Å². The number of nitrogens with two attached hydrogens (primary N) is 1. The van der Waals surface area contributed by atoms with Gasteiger partial charge >= 0.3 is 37.7 Å². The molecule has 0 amide bonds. The van der Waals surface area contributed by atoms with Crippen LogP contribution >= 0.6 is 0 Å². The van der Waals surface area contributed by atoms with Crippen LogP contribution < -0.4 is 11.9 Å². The normalized spacial score (nSPS) is 1.40. The summed E-state index contributed by atoms with van der Waals surface area (Å²) in [6.07, 6.45) is 1.25. The molecule has 0 saturated heterocycles. The molecule has 0 atom stereocenters. The van der Waals surface area contributed by atoms with Crippen LogP contribution in [-0.4, -0.2) is 37.7 Å². The standard InChI is InChI=1S/CH2N2.Ca.H3N.2H/c2-1-3;;;;/h2H2;;1H3;;. The topological polar surface area (TPSA) is 84.8 Å². The molecule has 0 aliphatic carbocycles. The Bertz CT molecular complexity index is 28.4. The van der Waals surface area contributed by atoms with Crippen molar-refractivity contribution in [2.75, 3.05) is 0 Å². The average Bonchev–Trinajstić information content (AvgIpc) is 0.918. The van der Waals surface area contributed by atoms with E-state index in [1.54, 1.807) is 0 Å². The Hall–Kier alpha value is 0.510. The minimum atomic E-state index is 0. The van der Waals surface area contributed by atoms with E-state index in [1.165, 1.54) is 6.19 Å². The van der Waals surface area contributed by atoms with E-state index in [0.717, 1.165) is 0 Å². The van der Waals surface area contributed by atoms with Gasteiger partial charge in [-0.05, 0) is 0 Å². The predicted molar refractivity (Wildman–Crippen MR) is 23.4 cm³/mol. The second kappa shape index (κ2) is 24.4. The van der Waals surface area contributed by atoms with Crippen molar-refractivity contribution >= 4 is 37.7 Å². The van der Waals surface area contributed by atoms with Crippen LogP contribution in [0.5, 0.6) is 0 Å². The van der Waals surface area contributed by atoms with Crippen LogP contribution in [0.15, 0.2) is 0 Å². The molecule has 0 aliphatic rings. The Morgan fingerprint density at radius 1 is 1.60 bits per heavy atom. The molecule has 5 N–H and O–H groups in total. The zero-order chi connectivity index (χ0) is 2.71. The van der Waals surface area contributed by atoms with E-state index in [4.69, 9.17) is 5.26 Å². The zero-order valence-corrected chi connectivity index (χ0v) is 2.23. The third-order valence-electron chi connectivity index (χ3n) is 0. The van der Waals surface area contributed by atoms with Crippen molar-refractivity contribution in [1.82, 2.24) is 6.15 Å². The summed E-state index contributed by atoms with van der Waals surface area (Å²) in [5.74, 6) is 0. The molecule has 0 aromatic heterocycles. The van der Waals surface area contributed by atoms with Crippen molar-refractivity contribution in [3.05, 3.63) is 0 Å². The Kier molecular flexibility index (Phi) is 86.7. The summed E-state index contributed by atoms with van der Waals surface area (Å²) in [6.45, 7) is 0. The first-order valence-electron chi connectivity index (χ1n) is 0.512. The molecule has 0 saturated carbocycles. The van der Waals surface area contributed by atoms with Gasteiger partial charge in [-0.1, -0.05) is 0 Å². The van der Waals surface area contributed by atoms with Crippen molar-refractivity contribution in [1.29, 1.82) is 5.26 Å². The minimum absolute atomic E-state index is 0. The Morgan fingerprint density at radius 2 is 1.60 bits per heavy atom. The van der Waals surface area contributed by atoms with E-state index in [-0.39, 0.29) is 43.9 Å². The number of nitrogens with zero attached hydrogens (tertiary/aromatic N) is 1. The first kappa shape index (κ1) is 17.8. The molecular formula is CH7CaN3. The van der Waals surface area contributed by atoms with Crippen LogP contribution in [-0.2, 0) is 0 Å². The van der Waals surface area contributed by atoms with Crippen LogP contribution in [0.4, 0.5) is 0 Å². The summed E-state index contributed by atoms with van der Waals surface area (Å²) in [6, 6.07) is 0. The van der Waals surface area contributed by atoms with Crippen LogP contribution in [0.3, 0.4) is 0 Å². The monoisotopic (exact) mass is 101 g/mol. The van der Waals surface area contributed by atoms with Gasteiger partial charge in [0.05, 0.1) is 0 Å². The summed E-state index contributed by atoms with van der Waals surface area (Å²) in [4.78, 5) is 0. The number of hydrogen-bond acceptors (Lipinski definition) is 3. The van der Waals surface area contributed by atoms with E-state index in [2.05, 4.69) is 5.73 Å². The third kappa shape index (κ3) is 109. The fraction of sp³-hybridized carbons (Fsp3) is 0. The molecular weight excluding hydrogens is 94.1 g/mol. The third-order valence-corrected chi connectivity index (χ3v) is 0. The van der Waals surface area contributed by atoms with Gasteiger partial charge in [-0.3, -0.25) is 0 Å². The van der Waals surface area contributed by atoms with Crippen molar-refractivity contribution in [3.8, 4) is 6.19 Å². The van der Waals surface area contributed by atoms with Crippen LogP contribution in [0.2, 0.25) is 0 Å². The fourth-order valence-corrected chi connectivity index (χ4v) is 0. The van der Waals surface area contributed by atoms with Crippen molar-refractivity contribution in [2.24, 2.45) is 5.73 Å². The van der Waals surface area contributed by atoms with Gasteiger partial charge in [-0.15, -0.1) is 0 Å². The molecule has 28 valence electrons. The summed E-state index contributed by atoms with van der Waals surface area (Å²) < 4.78 is 0. The number of nitriles is 1. The quantitative estimate of drug-likeness (QED) is 0.225. The van der Waals surface area contributed by atoms with Gasteiger partial charge in [0.1, 0.15) is 0 Å². The molecule has 5 heavy (non-hydrogen) atoms. The van der Waals surface area contributed by atoms with E-state index >= 15 is 0 Å². The van der Waals surface area contributed by atoms with E-state index in [0.29, 0.717) is 0 Å². The Morgan fingerprint density at radius 3 is 1.60 bits per heavy atom. The molecule has 0 spiro atoms.